The summed E-state index contributed by atoms with van der Waals surface area (Å²) in [7, 11) is 2.76. The number of carbonyl (C=O) groups is 3. The maximum absolute atomic E-state index is 13.9. The second-order valence-corrected chi connectivity index (χ2v) is 11.8. The molecule has 2 saturated carbocycles. The molecule has 0 aromatic heterocycles. The maximum Gasteiger partial charge on any atom is 0.419 e. The van der Waals surface area contributed by atoms with E-state index in [4.69, 9.17) is 9.47 Å². The summed E-state index contributed by atoms with van der Waals surface area (Å²) in [5.41, 5.74) is 2.22. The summed E-state index contributed by atoms with van der Waals surface area (Å²) < 4.78 is 64.2. The molecular formula is C33H35F4N3O5. The van der Waals surface area contributed by atoms with E-state index in [0.29, 0.717) is 43.8 Å². The molecule has 0 spiro atoms. The fraction of sp³-hybridized carbons (Fsp3) is 0.424. The lowest BCUT2D eigenvalue weighted by Crippen LogP contribution is -2.48. The smallest absolute Gasteiger partial charge is 0.419 e. The number of allylic oxidation sites excluding steroid dienone is 1. The maximum atomic E-state index is 13.9. The van der Waals surface area contributed by atoms with Crippen molar-refractivity contribution in [3.05, 3.63) is 76.1 Å². The van der Waals surface area contributed by atoms with Gasteiger partial charge >= 0.3 is 12.3 Å². The van der Waals surface area contributed by atoms with Gasteiger partial charge in [-0.25, -0.2) is 9.18 Å². The number of hydrogen-bond donors (Lipinski definition) is 2. The van der Waals surface area contributed by atoms with Crippen LogP contribution in [0.3, 0.4) is 0 Å². The highest BCUT2D eigenvalue weighted by Crippen LogP contribution is 2.54. The molecule has 5 rings (SSSR count). The lowest BCUT2D eigenvalue weighted by Gasteiger charge is -2.30. The van der Waals surface area contributed by atoms with Gasteiger partial charge in [0.25, 0.3) is 5.91 Å². The lowest BCUT2D eigenvalue weighted by molar-refractivity contribution is -0.140. The molecule has 4 atom stereocenters. The van der Waals surface area contributed by atoms with Crippen LogP contribution in [0.1, 0.15) is 54.6 Å². The van der Waals surface area contributed by atoms with Crippen molar-refractivity contribution >= 4 is 29.2 Å². The number of methoxy groups -OCH3 is 2. The highest BCUT2D eigenvalue weighted by atomic mass is 19.4. The van der Waals surface area contributed by atoms with Crippen LogP contribution in [0.2, 0.25) is 0 Å². The highest BCUT2D eigenvalue weighted by Gasteiger charge is 2.55. The molecule has 0 saturated heterocycles. The summed E-state index contributed by atoms with van der Waals surface area (Å²) in [5.74, 6) is -3.26. The second-order valence-electron chi connectivity index (χ2n) is 11.8. The zero-order valence-corrected chi connectivity index (χ0v) is 25.4. The summed E-state index contributed by atoms with van der Waals surface area (Å²) in [6, 6.07) is 6.85. The van der Waals surface area contributed by atoms with Crippen molar-refractivity contribution in [2.45, 2.75) is 45.3 Å². The van der Waals surface area contributed by atoms with Gasteiger partial charge in [0.1, 0.15) is 11.6 Å². The van der Waals surface area contributed by atoms with Gasteiger partial charge in [-0.05, 0) is 80.5 Å². The molecule has 0 radical (unpaired) electrons. The number of amides is 3. The van der Waals surface area contributed by atoms with Crippen LogP contribution in [0.15, 0.2) is 53.6 Å². The van der Waals surface area contributed by atoms with Gasteiger partial charge in [0, 0.05) is 30.7 Å². The van der Waals surface area contributed by atoms with E-state index in [9.17, 15) is 31.9 Å². The number of ether oxygens (including phenoxy) is 2. The average Bonchev–Trinajstić information content (AvgIpc) is 3.57. The fourth-order valence-electron chi connectivity index (χ4n) is 7.07. The number of carbonyl (C=O) groups excluding carboxylic acids is 3. The minimum absolute atomic E-state index is 0.137. The van der Waals surface area contributed by atoms with Crippen LogP contribution < -0.4 is 15.4 Å². The third kappa shape index (κ3) is 6.27. The molecular weight excluding hydrogens is 594 g/mol. The van der Waals surface area contributed by atoms with E-state index in [0.717, 1.165) is 34.8 Å². The molecule has 12 heteroatoms. The first kappa shape index (κ1) is 32.1. The van der Waals surface area contributed by atoms with Gasteiger partial charge in [0.05, 0.1) is 31.3 Å². The van der Waals surface area contributed by atoms with E-state index in [2.05, 4.69) is 10.6 Å². The molecule has 2 bridgehead atoms. The van der Waals surface area contributed by atoms with Crippen LogP contribution in [-0.4, -0.2) is 56.2 Å². The predicted octanol–water partition coefficient (Wildman–Crippen LogP) is 6.44. The summed E-state index contributed by atoms with van der Waals surface area (Å²) in [4.78, 5) is 41.3. The lowest BCUT2D eigenvalue weighted by atomic mass is 9.83. The van der Waals surface area contributed by atoms with E-state index in [1.807, 2.05) is 19.9 Å². The number of fused-ring (bicyclic) bond motifs is 2. The normalized spacial score (nSPS) is 22.5. The third-order valence-corrected chi connectivity index (χ3v) is 8.96. The molecule has 3 aliphatic rings. The molecule has 2 aromatic carbocycles. The highest BCUT2D eigenvalue weighted by molar-refractivity contribution is 6.00. The van der Waals surface area contributed by atoms with E-state index in [1.54, 1.807) is 23.1 Å². The van der Waals surface area contributed by atoms with Crippen LogP contribution in [0, 0.1) is 23.6 Å². The van der Waals surface area contributed by atoms with Gasteiger partial charge in [-0.15, -0.1) is 0 Å². The van der Waals surface area contributed by atoms with Crippen LogP contribution in [0.4, 0.5) is 28.0 Å². The Morgan fingerprint density at radius 1 is 1.00 bits per heavy atom. The molecule has 2 fully saturated rings. The number of halogens is 4. The van der Waals surface area contributed by atoms with Crippen LogP contribution in [0.5, 0.6) is 5.75 Å². The Morgan fingerprint density at radius 3 is 2.40 bits per heavy atom. The van der Waals surface area contributed by atoms with Gasteiger partial charge < -0.3 is 25.0 Å². The Balaban J connectivity index is 1.43. The first-order chi connectivity index (χ1) is 21.3. The minimum atomic E-state index is -4.93. The Labute approximate surface area is 258 Å². The number of anilines is 1. The molecule has 45 heavy (non-hydrogen) atoms. The van der Waals surface area contributed by atoms with Crippen molar-refractivity contribution in [1.82, 2.24) is 10.2 Å². The molecule has 2 N–H and O–H groups in total. The minimum Gasteiger partial charge on any atom is -0.496 e. The second kappa shape index (κ2) is 12.6. The topological polar surface area (TPSA) is 97.0 Å². The van der Waals surface area contributed by atoms with Crippen LogP contribution in [0.25, 0.3) is 5.57 Å². The number of hydrogen-bond acceptors (Lipinski definition) is 5. The summed E-state index contributed by atoms with van der Waals surface area (Å²) in [6.07, 6.45) is -1.33. The van der Waals surface area contributed by atoms with E-state index in [-0.39, 0.29) is 23.1 Å². The Bertz CT molecular complexity index is 1580. The van der Waals surface area contributed by atoms with Crippen LogP contribution >= 0.6 is 0 Å². The number of nitrogens with zero attached hydrogens (tertiary/aromatic N) is 1. The largest absolute Gasteiger partial charge is 0.496 e. The molecule has 240 valence electrons. The SMILES string of the molecule is COC(=O)N1CCC=C(c2ccc(OC)c(C(=O)N[C@@H]3C4CCC(C4=C(C)C)[C@@H]3C(=O)Nc3ccc(F)c(C(F)(F)F)c3)c2)C1. The Hall–Kier alpha value is -4.35. The van der Waals surface area contributed by atoms with Gasteiger partial charge in [-0.2, -0.15) is 13.2 Å². The van der Waals surface area contributed by atoms with E-state index in [1.165, 1.54) is 14.2 Å². The van der Waals surface area contributed by atoms with Crippen molar-refractivity contribution in [2.75, 3.05) is 32.6 Å². The van der Waals surface area contributed by atoms with Crippen molar-refractivity contribution in [3.63, 3.8) is 0 Å². The number of nitrogens with one attached hydrogen (secondary N) is 2. The molecule has 2 aliphatic carbocycles. The first-order valence-corrected chi connectivity index (χ1v) is 14.7. The molecule has 3 amide bonds. The summed E-state index contributed by atoms with van der Waals surface area (Å²) >= 11 is 0. The van der Waals surface area contributed by atoms with Crippen molar-refractivity contribution in [2.24, 2.45) is 17.8 Å². The summed E-state index contributed by atoms with van der Waals surface area (Å²) in [6.45, 7) is 4.70. The molecule has 8 nitrogen and oxygen atoms in total. The fourth-order valence-corrected chi connectivity index (χ4v) is 7.07. The Morgan fingerprint density at radius 2 is 1.73 bits per heavy atom. The molecule has 2 aromatic rings. The Kier molecular flexibility index (Phi) is 8.95. The first-order valence-electron chi connectivity index (χ1n) is 14.7. The quantitative estimate of drug-likeness (QED) is 0.283. The van der Waals surface area contributed by atoms with E-state index >= 15 is 0 Å². The van der Waals surface area contributed by atoms with Gasteiger partial charge in [-0.1, -0.05) is 23.3 Å². The predicted molar refractivity (Wildman–Crippen MR) is 159 cm³/mol. The standard InChI is InChI=1S/C33H35F4N3O5/c1-17(2)27-21-9-10-22(27)29(28(21)31(42)38-20-8-11-25(34)24(15-20)33(35,36)37)39-30(41)23-14-18(7-12-26(23)44-3)19-6-5-13-40(16-19)32(43)45-4/h6-8,11-12,14-15,21-22,28-29H,5,9-10,13,16H2,1-4H3,(H,38,42)(H,39,41)/t21?,22?,28-,29+/m0/s1. The van der Waals surface area contributed by atoms with Gasteiger partial charge in [0.2, 0.25) is 5.91 Å². The third-order valence-electron chi connectivity index (χ3n) is 8.96. The van der Waals surface area contributed by atoms with Crippen molar-refractivity contribution < 1.29 is 41.4 Å². The van der Waals surface area contributed by atoms with Crippen molar-refractivity contribution in [3.8, 4) is 5.75 Å². The zero-order chi connectivity index (χ0) is 32.6. The van der Waals surface area contributed by atoms with Crippen LogP contribution in [-0.2, 0) is 15.7 Å². The zero-order valence-electron chi connectivity index (χ0n) is 25.4. The summed E-state index contributed by atoms with van der Waals surface area (Å²) in [5, 5.41) is 5.61. The van der Waals surface area contributed by atoms with Gasteiger partial charge in [-0.3, -0.25) is 9.59 Å². The molecule has 1 aliphatic heterocycles. The monoisotopic (exact) mass is 629 g/mol. The number of alkyl halides is 3. The number of rotatable bonds is 6. The molecule has 1 heterocycles. The number of benzene rings is 2. The van der Waals surface area contributed by atoms with Gasteiger partial charge in [0.15, 0.2) is 0 Å². The average molecular weight is 630 g/mol. The van der Waals surface area contributed by atoms with Crippen molar-refractivity contribution in [1.29, 1.82) is 0 Å². The molecule has 2 unspecified atom stereocenters. The van der Waals surface area contributed by atoms with E-state index < -0.39 is 47.4 Å².